The minimum Gasteiger partial charge on any atom is -0.497 e. The Bertz CT molecular complexity index is 1180. The van der Waals surface area contributed by atoms with E-state index in [1.54, 1.807) is 23.0 Å². The molecule has 1 saturated heterocycles. The molecule has 2 aromatic rings. The molecule has 0 unspecified atom stereocenters. The Balaban J connectivity index is 1.72. The van der Waals surface area contributed by atoms with Crippen LogP contribution in [0.25, 0.3) is 0 Å². The van der Waals surface area contributed by atoms with Crippen LogP contribution in [0.5, 0.6) is 5.75 Å². The summed E-state index contributed by atoms with van der Waals surface area (Å²) in [4.78, 5) is 30.2. The molecule has 9 nitrogen and oxygen atoms in total. The fourth-order valence-electron chi connectivity index (χ4n) is 4.80. The number of carbonyl (C=O) groups is 2. The molecule has 0 spiro atoms. The summed E-state index contributed by atoms with van der Waals surface area (Å²) in [7, 11) is -1.96. The Labute approximate surface area is 233 Å². The number of anilines is 1. The summed E-state index contributed by atoms with van der Waals surface area (Å²) in [6.07, 6.45) is 1.71. The maximum absolute atomic E-state index is 13.7. The van der Waals surface area contributed by atoms with Crippen LogP contribution in [0.15, 0.2) is 54.6 Å². The molecule has 214 valence electrons. The lowest BCUT2D eigenvalue weighted by molar-refractivity contribution is -0.135. The molecule has 1 fully saturated rings. The van der Waals surface area contributed by atoms with E-state index in [9.17, 15) is 18.0 Å². The van der Waals surface area contributed by atoms with Gasteiger partial charge < -0.3 is 19.9 Å². The second-order valence-electron chi connectivity index (χ2n) is 10.4. The van der Waals surface area contributed by atoms with Crippen molar-refractivity contribution in [2.45, 2.75) is 52.6 Å². The van der Waals surface area contributed by atoms with E-state index in [0.29, 0.717) is 56.9 Å². The first kappa shape index (κ1) is 30.4. The number of amides is 3. The molecule has 0 aliphatic carbocycles. The van der Waals surface area contributed by atoms with Gasteiger partial charge >= 0.3 is 6.03 Å². The largest absolute Gasteiger partial charge is 0.497 e. The van der Waals surface area contributed by atoms with Crippen molar-refractivity contribution in [3.05, 3.63) is 60.2 Å². The topological polar surface area (TPSA) is 99.3 Å². The molecule has 1 aliphatic heterocycles. The van der Waals surface area contributed by atoms with E-state index in [1.165, 1.54) is 4.31 Å². The van der Waals surface area contributed by atoms with Gasteiger partial charge in [-0.3, -0.25) is 4.79 Å². The highest BCUT2D eigenvalue weighted by Crippen LogP contribution is 2.22. The number of methoxy groups -OCH3 is 1. The van der Waals surface area contributed by atoms with Gasteiger partial charge in [0.05, 0.1) is 19.4 Å². The molecule has 3 rings (SSSR count). The molecule has 0 aromatic heterocycles. The molecule has 39 heavy (non-hydrogen) atoms. The van der Waals surface area contributed by atoms with Crippen molar-refractivity contribution >= 4 is 27.6 Å². The second kappa shape index (κ2) is 14.3. The van der Waals surface area contributed by atoms with Crippen LogP contribution in [0, 0.1) is 5.92 Å². The fraction of sp³-hybridized carbons (Fsp3) is 0.517. The van der Waals surface area contributed by atoms with Crippen LogP contribution in [0.4, 0.5) is 10.5 Å². The van der Waals surface area contributed by atoms with Crippen molar-refractivity contribution in [3.63, 3.8) is 0 Å². The first-order valence-electron chi connectivity index (χ1n) is 13.6. The fourth-order valence-corrected chi connectivity index (χ4v) is 6.40. The van der Waals surface area contributed by atoms with Gasteiger partial charge in [-0.2, -0.15) is 4.31 Å². The molecule has 0 saturated carbocycles. The highest BCUT2D eigenvalue weighted by Gasteiger charge is 2.33. The number of rotatable bonds is 12. The molecule has 0 radical (unpaired) electrons. The molecule has 0 atom stereocenters. The van der Waals surface area contributed by atoms with Gasteiger partial charge in [-0.15, -0.1) is 0 Å². The summed E-state index contributed by atoms with van der Waals surface area (Å²) < 4.78 is 32.5. The Morgan fingerprint density at radius 3 is 2.38 bits per heavy atom. The van der Waals surface area contributed by atoms with Gasteiger partial charge in [0, 0.05) is 44.0 Å². The van der Waals surface area contributed by atoms with E-state index < -0.39 is 10.0 Å². The maximum atomic E-state index is 13.7. The number of hydrogen-bond donors (Lipinski definition) is 1. The third-order valence-corrected chi connectivity index (χ3v) is 8.75. The van der Waals surface area contributed by atoms with Gasteiger partial charge in [0.1, 0.15) is 5.75 Å². The van der Waals surface area contributed by atoms with E-state index in [-0.39, 0.29) is 36.2 Å². The van der Waals surface area contributed by atoms with Gasteiger partial charge in [0.15, 0.2) is 0 Å². The SMILES string of the molecule is CCCS(=O)(=O)N(CC(=O)N(Cc1ccccc1)C1CCN(C(=O)Nc2cccc(OC)c2)CC1)CC(C)C. The van der Waals surface area contributed by atoms with Gasteiger partial charge in [-0.25, -0.2) is 13.2 Å². The summed E-state index contributed by atoms with van der Waals surface area (Å²) in [5.41, 5.74) is 1.64. The average Bonchev–Trinajstić information content (AvgIpc) is 2.92. The predicted octanol–water partition coefficient (Wildman–Crippen LogP) is 4.42. The Hall–Kier alpha value is -3.11. The number of piperidine rings is 1. The third-order valence-electron chi connectivity index (χ3n) is 6.77. The number of urea groups is 1. The summed E-state index contributed by atoms with van der Waals surface area (Å²) in [5, 5.41) is 2.92. The minimum absolute atomic E-state index is 0.0203. The first-order chi connectivity index (χ1) is 18.6. The van der Waals surface area contributed by atoms with Crippen molar-refractivity contribution in [3.8, 4) is 5.75 Å². The highest BCUT2D eigenvalue weighted by atomic mass is 32.2. The molecular formula is C29H42N4O5S. The lowest BCUT2D eigenvalue weighted by Crippen LogP contribution is -2.52. The van der Waals surface area contributed by atoms with Crippen LogP contribution in [0.1, 0.15) is 45.6 Å². The van der Waals surface area contributed by atoms with Gasteiger partial charge in [-0.05, 0) is 42.9 Å². The first-order valence-corrected chi connectivity index (χ1v) is 15.2. The number of nitrogens with zero attached hydrogens (tertiary/aromatic N) is 3. The third kappa shape index (κ3) is 8.96. The van der Waals surface area contributed by atoms with E-state index in [2.05, 4.69) is 5.32 Å². The predicted molar refractivity (Wildman–Crippen MR) is 154 cm³/mol. The molecule has 1 aliphatic rings. The lowest BCUT2D eigenvalue weighted by atomic mass is 10.0. The quantitative estimate of drug-likeness (QED) is 0.416. The van der Waals surface area contributed by atoms with Crippen LogP contribution < -0.4 is 10.1 Å². The number of sulfonamides is 1. The summed E-state index contributed by atoms with van der Waals surface area (Å²) in [6.45, 7) is 7.22. The van der Waals surface area contributed by atoms with Crippen molar-refractivity contribution in [1.82, 2.24) is 14.1 Å². The van der Waals surface area contributed by atoms with E-state index in [4.69, 9.17) is 4.74 Å². The zero-order valence-corrected chi connectivity index (χ0v) is 24.3. The Kier molecular flexibility index (Phi) is 11.2. The molecule has 10 heteroatoms. The Morgan fingerprint density at radius 1 is 1.08 bits per heavy atom. The number of nitrogens with one attached hydrogen (secondary N) is 1. The number of likely N-dealkylation sites (tertiary alicyclic amines) is 1. The zero-order valence-electron chi connectivity index (χ0n) is 23.5. The normalized spacial score (nSPS) is 14.5. The van der Waals surface area contributed by atoms with Crippen LogP contribution >= 0.6 is 0 Å². The van der Waals surface area contributed by atoms with Crippen molar-refractivity contribution in [1.29, 1.82) is 0 Å². The van der Waals surface area contributed by atoms with Crippen LogP contribution in [-0.2, 0) is 21.4 Å². The van der Waals surface area contributed by atoms with Crippen molar-refractivity contribution in [2.24, 2.45) is 5.92 Å². The van der Waals surface area contributed by atoms with E-state index in [0.717, 1.165) is 5.56 Å². The van der Waals surface area contributed by atoms with Gasteiger partial charge in [0.25, 0.3) is 0 Å². The Morgan fingerprint density at radius 2 is 1.77 bits per heavy atom. The van der Waals surface area contributed by atoms with Gasteiger partial charge in [0.2, 0.25) is 15.9 Å². The summed E-state index contributed by atoms with van der Waals surface area (Å²) in [5.74, 6) is 0.567. The molecule has 0 bridgehead atoms. The average molecular weight is 559 g/mol. The number of carbonyl (C=O) groups excluding carboxylic acids is 2. The minimum atomic E-state index is -3.54. The van der Waals surface area contributed by atoms with Crippen LogP contribution in [-0.4, -0.2) is 79.5 Å². The summed E-state index contributed by atoms with van der Waals surface area (Å²) in [6, 6.07) is 16.6. The maximum Gasteiger partial charge on any atom is 0.321 e. The summed E-state index contributed by atoms with van der Waals surface area (Å²) >= 11 is 0. The van der Waals surface area contributed by atoms with Gasteiger partial charge in [-0.1, -0.05) is 57.2 Å². The number of hydrogen-bond acceptors (Lipinski definition) is 5. The van der Waals surface area contributed by atoms with E-state index >= 15 is 0 Å². The smallest absolute Gasteiger partial charge is 0.321 e. The van der Waals surface area contributed by atoms with Crippen LogP contribution in [0.3, 0.4) is 0 Å². The molecular weight excluding hydrogens is 516 g/mol. The monoisotopic (exact) mass is 558 g/mol. The molecule has 1 heterocycles. The number of ether oxygens (including phenoxy) is 1. The van der Waals surface area contributed by atoms with E-state index in [1.807, 2.05) is 69.3 Å². The van der Waals surface area contributed by atoms with Crippen LogP contribution in [0.2, 0.25) is 0 Å². The van der Waals surface area contributed by atoms with Crippen molar-refractivity contribution < 1.29 is 22.7 Å². The zero-order chi connectivity index (χ0) is 28.4. The lowest BCUT2D eigenvalue weighted by Gasteiger charge is -2.39. The molecule has 2 aromatic carbocycles. The van der Waals surface area contributed by atoms with Crippen molar-refractivity contribution in [2.75, 3.05) is 44.4 Å². The molecule has 1 N–H and O–H groups in total. The molecule has 3 amide bonds. The number of benzene rings is 2. The standard InChI is InChI=1S/C29H42N4O5S/c1-5-18-39(36,37)32(20-23(2)3)22-28(34)33(21-24-10-7-6-8-11-24)26-14-16-31(17-15-26)29(35)30-25-12-9-13-27(19-25)38-4/h6-13,19,23,26H,5,14-18,20-22H2,1-4H3,(H,30,35). The highest BCUT2D eigenvalue weighted by molar-refractivity contribution is 7.89. The second-order valence-corrected chi connectivity index (χ2v) is 12.5.